The monoisotopic (exact) mass is 494 g/mol. The van der Waals surface area contributed by atoms with E-state index in [1.54, 1.807) is 0 Å². The lowest BCUT2D eigenvalue weighted by molar-refractivity contribution is -0.578. The van der Waals surface area contributed by atoms with Crippen LogP contribution in [-0.4, -0.2) is 37.0 Å². The van der Waals surface area contributed by atoms with Crippen LogP contribution in [0.5, 0.6) is 0 Å². The van der Waals surface area contributed by atoms with Crippen molar-refractivity contribution in [1.29, 1.82) is 0 Å². The molecular weight excluding hydrogens is 460 g/mol. The Balaban J connectivity index is 1.42. The predicted molar refractivity (Wildman–Crippen MR) is 123 cm³/mol. The van der Waals surface area contributed by atoms with E-state index >= 15 is 0 Å². The molecule has 0 N–H and O–H groups in total. The third-order valence-electron chi connectivity index (χ3n) is 8.48. The van der Waals surface area contributed by atoms with Crippen molar-refractivity contribution >= 4 is 17.6 Å². The number of fused-ring (bicyclic) bond motifs is 2. The van der Waals surface area contributed by atoms with Crippen LogP contribution in [0.4, 0.5) is 0 Å². The van der Waals surface area contributed by atoms with E-state index in [2.05, 4.69) is 13.8 Å². The molecule has 6 rings (SSSR count). The number of hydrogen-bond acceptors (Lipinski definition) is 7. The predicted octanol–water partition coefficient (Wildman–Crippen LogP) is 5.56. The Morgan fingerprint density at radius 1 is 1.15 bits per heavy atom. The summed E-state index contributed by atoms with van der Waals surface area (Å²) < 4.78 is 24.5. The van der Waals surface area contributed by atoms with Crippen LogP contribution >= 0.6 is 11.6 Å². The third-order valence-corrected chi connectivity index (χ3v) is 8.73. The SMILES string of the molecule is COC(=O)CC[C@H](O[C@H]1O[C@@H]2O[C@@]3(C)CC[C@H]4[C@H](C)CCC([C@H]1C)[C@@]24OO3)c1ccc(Cl)cc1. The minimum atomic E-state index is -0.830. The van der Waals surface area contributed by atoms with Gasteiger partial charge in [-0.1, -0.05) is 37.6 Å². The summed E-state index contributed by atoms with van der Waals surface area (Å²) in [6.07, 6.45) is 3.15. The van der Waals surface area contributed by atoms with Crippen LogP contribution in [-0.2, 0) is 33.5 Å². The Hall–Kier alpha value is -1.22. The van der Waals surface area contributed by atoms with Gasteiger partial charge in [0.1, 0.15) is 0 Å². The van der Waals surface area contributed by atoms with E-state index in [1.165, 1.54) is 7.11 Å². The number of carbonyl (C=O) groups is 1. The molecular formula is C26H35ClO7. The molecule has 7 nitrogen and oxygen atoms in total. The molecule has 4 aliphatic heterocycles. The van der Waals surface area contributed by atoms with E-state index in [4.69, 9.17) is 40.3 Å². The van der Waals surface area contributed by atoms with Crippen molar-refractivity contribution in [2.45, 2.75) is 89.4 Å². The first kappa shape index (κ1) is 24.5. The average molecular weight is 495 g/mol. The van der Waals surface area contributed by atoms with Crippen LogP contribution in [0.1, 0.15) is 71.0 Å². The van der Waals surface area contributed by atoms with Crippen molar-refractivity contribution in [3.63, 3.8) is 0 Å². The Morgan fingerprint density at radius 2 is 1.91 bits per heavy atom. The Labute approximate surface area is 206 Å². The zero-order valence-electron chi connectivity index (χ0n) is 20.3. The molecule has 2 bridgehead atoms. The maximum absolute atomic E-state index is 11.9. The number of benzene rings is 1. The van der Waals surface area contributed by atoms with Gasteiger partial charge in [-0.2, -0.15) is 0 Å². The summed E-state index contributed by atoms with van der Waals surface area (Å²) in [5.74, 6) is -0.0771. The first-order valence-corrected chi connectivity index (χ1v) is 12.8. The summed E-state index contributed by atoms with van der Waals surface area (Å²) in [6.45, 7) is 6.38. The Kier molecular flexibility index (Phi) is 6.72. The van der Waals surface area contributed by atoms with E-state index in [1.807, 2.05) is 31.2 Å². The number of esters is 1. The van der Waals surface area contributed by atoms with Gasteiger partial charge < -0.3 is 18.9 Å². The summed E-state index contributed by atoms with van der Waals surface area (Å²) in [5, 5.41) is 0.648. The van der Waals surface area contributed by atoms with E-state index in [9.17, 15) is 4.79 Å². The molecule has 1 aliphatic carbocycles. The van der Waals surface area contributed by atoms with Crippen molar-refractivity contribution in [3.05, 3.63) is 34.9 Å². The number of ether oxygens (including phenoxy) is 4. The summed E-state index contributed by atoms with van der Waals surface area (Å²) in [6, 6.07) is 7.52. The van der Waals surface area contributed by atoms with Gasteiger partial charge in [-0.25, -0.2) is 9.78 Å². The van der Waals surface area contributed by atoms with Crippen molar-refractivity contribution < 1.29 is 33.5 Å². The second-order valence-corrected chi connectivity index (χ2v) is 11.0. The van der Waals surface area contributed by atoms with Gasteiger partial charge in [-0.05, 0) is 62.1 Å². The lowest BCUT2D eigenvalue weighted by atomic mass is 9.58. The topological polar surface area (TPSA) is 72.5 Å². The molecule has 1 saturated carbocycles. The molecule has 5 aliphatic rings. The lowest BCUT2D eigenvalue weighted by Crippen LogP contribution is -2.70. The molecule has 0 amide bonds. The fraction of sp³-hybridized carbons (Fsp3) is 0.731. The first-order chi connectivity index (χ1) is 16.3. The Morgan fingerprint density at radius 3 is 2.65 bits per heavy atom. The lowest BCUT2D eigenvalue weighted by Gasteiger charge is -2.60. The average Bonchev–Trinajstić information content (AvgIpc) is 3.06. The molecule has 0 radical (unpaired) electrons. The van der Waals surface area contributed by atoms with E-state index in [-0.39, 0.29) is 30.3 Å². The summed E-state index contributed by atoms with van der Waals surface area (Å²) in [7, 11) is 1.40. The molecule has 1 spiro atoms. The molecule has 34 heavy (non-hydrogen) atoms. The summed E-state index contributed by atoms with van der Waals surface area (Å²) in [5.41, 5.74) is 0.309. The van der Waals surface area contributed by atoms with Crippen molar-refractivity contribution in [1.82, 2.24) is 0 Å². The number of halogens is 1. The number of methoxy groups -OCH3 is 1. The maximum Gasteiger partial charge on any atom is 0.305 e. The second-order valence-electron chi connectivity index (χ2n) is 10.6. The standard InChI is InChI=1S/C26H35ClO7/c1-15-5-10-20-16(2)23(31-24-26(20)19(15)13-14-25(3,32-24)33-34-26)30-21(11-12-22(28)29-4)17-6-8-18(27)9-7-17/h6-9,15-16,19-21,23-24H,5,10-14H2,1-4H3/t15-,16-,19+,20?,21+,23+,24-,25-,26-/m1/s1. The maximum atomic E-state index is 11.9. The van der Waals surface area contributed by atoms with E-state index < -0.39 is 24.0 Å². The summed E-state index contributed by atoms with van der Waals surface area (Å²) >= 11 is 6.11. The van der Waals surface area contributed by atoms with Gasteiger partial charge >= 0.3 is 5.97 Å². The van der Waals surface area contributed by atoms with Crippen molar-refractivity contribution in [2.24, 2.45) is 23.7 Å². The highest BCUT2D eigenvalue weighted by Gasteiger charge is 2.69. The molecule has 5 fully saturated rings. The smallest absolute Gasteiger partial charge is 0.305 e. The van der Waals surface area contributed by atoms with Crippen molar-refractivity contribution in [3.8, 4) is 0 Å². The zero-order valence-corrected chi connectivity index (χ0v) is 21.1. The van der Waals surface area contributed by atoms with E-state index in [0.29, 0.717) is 23.3 Å². The minimum absolute atomic E-state index is 0.0498. The molecule has 4 saturated heterocycles. The number of carbonyl (C=O) groups excluding carboxylic acids is 1. The van der Waals surface area contributed by atoms with Gasteiger partial charge in [0, 0.05) is 29.7 Å². The van der Waals surface area contributed by atoms with Gasteiger partial charge in [0.2, 0.25) is 5.79 Å². The van der Waals surface area contributed by atoms with E-state index in [0.717, 1.165) is 31.2 Å². The highest BCUT2D eigenvalue weighted by molar-refractivity contribution is 6.30. The Bertz CT molecular complexity index is 894. The quantitative estimate of drug-likeness (QED) is 0.378. The van der Waals surface area contributed by atoms with Gasteiger partial charge in [0.15, 0.2) is 18.2 Å². The molecule has 0 aromatic heterocycles. The van der Waals surface area contributed by atoms with Crippen LogP contribution in [0.25, 0.3) is 0 Å². The van der Waals surface area contributed by atoms with Crippen molar-refractivity contribution in [2.75, 3.05) is 7.11 Å². The van der Waals surface area contributed by atoms with Crippen LogP contribution < -0.4 is 0 Å². The van der Waals surface area contributed by atoms with Crippen LogP contribution in [0.3, 0.4) is 0 Å². The van der Waals surface area contributed by atoms with Crippen LogP contribution in [0.2, 0.25) is 5.02 Å². The third kappa shape index (κ3) is 4.18. The molecule has 1 aromatic carbocycles. The second kappa shape index (κ2) is 9.34. The van der Waals surface area contributed by atoms with Gasteiger partial charge in [-0.3, -0.25) is 4.79 Å². The molecule has 1 unspecified atom stereocenters. The number of rotatable bonds is 6. The van der Waals surface area contributed by atoms with Gasteiger partial charge in [0.25, 0.3) is 0 Å². The van der Waals surface area contributed by atoms with Gasteiger partial charge in [0.05, 0.1) is 13.2 Å². The highest BCUT2D eigenvalue weighted by Crippen LogP contribution is 2.60. The molecule has 9 atom stereocenters. The summed E-state index contributed by atoms with van der Waals surface area (Å²) in [4.78, 5) is 24.0. The van der Waals surface area contributed by atoms with Crippen LogP contribution in [0.15, 0.2) is 24.3 Å². The van der Waals surface area contributed by atoms with Gasteiger partial charge in [-0.15, -0.1) is 0 Å². The molecule has 188 valence electrons. The molecule has 1 aromatic rings. The fourth-order valence-electron chi connectivity index (χ4n) is 6.53. The molecule has 8 heteroatoms. The largest absolute Gasteiger partial charge is 0.469 e. The highest BCUT2D eigenvalue weighted by atomic mass is 35.5. The normalized spacial score (nSPS) is 41.9. The van der Waals surface area contributed by atoms with Crippen LogP contribution in [0, 0.1) is 23.7 Å². The minimum Gasteiger partial charge on any atom is -0.469 e. The zero-order chi connectivity index (χ0) is 24.1. The fourth-order valence-corrected chi connectivity index (χ4v) is 6.66. The number of hydrogen-bond donors (Lipinski definition) is 0. The molecule has 4 heterocycles. The first-order valence-electron chi connectivity index (χ1n) is 12.4.